The fourth-order valence-corrected chi connectivity index (χ4v) is 1.62. The number of benzene rings is 1. The monoisotopic (exact) mass is 313 g/mol. The molecule has 1 aromatic carbocycles. The number of hydrogen-bond donors (Lipinski definition) is 2. The van der Waals surface area contributed by atoms with Gasteiger partial charge in [-0.1, -0.05) is 29.3 Å². The van der Waals surface area contributed by atoms with Crippen LogP contribution in [0.4, 0.5) is 5.69 Å². The van der Waals surface area contributed by atoms with Crippen LogP contribution in [0.5, 0.6) is 0 Å². The maximum Gasteiger partial charge on any atom is 0.267 e. The minimum absolute atomic E-state index is 0.0721. The molecule has 0 heterocycles. The number of anilines is 1. The van der Waals surface area contributed by atoms with Crippen molar-refractivity contribution in [3.63, 3.8) is 0 Å². The predicted octanol–water partition coefficient (Wildman–Crippen LogP) is 2.58. The SMILES string of the molecule is COCCN/C=C(/C#N)C(=O)Nc1cccc(Cl)c1Cl. The van der Waals surface area contributed by atoms with E-state index in [1.54, 1.807) is 31.4 Å². The number of nitrogens with zero attached hydrogens (tertiary/aromatic N) is 1. The summed E-state index contributed by atoms with van der Waals surface area (Å²) in [4.78, 5) is 11.9. The van der Waals surface area contributed by atoms with E-state index in [0.29, 0.717) is 23.9 Å². The summed E-state index contributed by atoms with van der Waals surface area (Å²) >= 11 is 11.8. The maximum absolute atomic E-state index is 11.9. The fourth-order valence-electron chi connectivity index (χ4n) is 1.27. The molecule has 1 rings (SSSR count). The van der Waals surface area contributed by atoms with Crippen LogP contribution in [0.25, 0.3) is 0 Å². The zero-order valence-electron chi connectivity index (χ0n) is 10.7. The van der Waals surface area contributed by atoms with E-state index in [0.717, 1.165) is 0 Å². The van der Waals surface area contributed by atoms with E-state index in [1.807, 2.05) is 0 Å². The number of carbonyl (C=O) groups is 1. The molecule has 0 aliphatic carbocycles. The van der Waals surface area contributed by atoms with Crippen LogP contribution >= 0.6 is 23.2 Å². The molecule has 1 amide bonds. The molecule has 0 aliphatic rings. The zero-order valence-corrected chi connectivity index (χ0v) is 12.3. The van der Waals surface area contributed by atoms with Crippen LogP contribution < -0.4 is 10.6 Å². The van der Waals surface area contributed by atoms with Crippen LogP contribution in [0.15, 0.2) is 30.0 Å². The van der Waals surface area contributed by atoms with Gasteiger partial charge < -0.3 is 15.4 Å². The zero-order chi connectivity index (χ0) is 15.0. The third-order valence-corrected chi connectivity index (χ3v) is 3.08. The molecule has 0 aliphatic heterocycles. The number of nitrogens with one attached hydrogen (secondary N) is 2. The number of halogens is 2. The summed E-state index contributed by atoms with van der Waals surface area (Å²) in [7, 11) is 1.56. The first-order chi connectivity index (χ1) is 9.60. The van der Waals surface area contributed by atoms with Gasteiger partial charge in [0.25, 0.3) is 5.91 Å². The molecule has 20 heavy (non-hydrogen) atoms. The second-order valence-corrected chi connectivity index (χ2v) is 4.46. The number of methoxy groups -OCH3 is 1. The second-order valence-electron chi connectivity index (χ2n) is 3.67. The lowest BCUT2D eigenvalue weighted by Crippen LogP contribution is -2.19. The Labute approximate surface area is 127 Å². The highest BCUT2D eigenvalue weighted by molar-refractivity contribution is 6.44. The molecule has 7 heteroatoms. The Bertz CT molecular complexity index is 553. The lowest BCUT2D eigenvalue weighted by Gasteiger charge is -2.07. The Morgan fingerprint density at radius 2 is 2.25 bits per heavy atom. The van der Waals surface area contributed by atoms with Crippen LogP contribution in [0.3, 0.4) is 0 Å². The summed E-state index contributed by atoms with van der Waals surface area (Å²) in [6, 6.07) is 6.65. The summed E-state index contributed by atoms with van der Waals surface area (Å²) in [6.07, 6.45) is 1.33. The van der Waals surface area contributed by atoms with Gasteiger partial charge in [-0.2, -0.15) is 5.26 Å². The van der Waals surface area contributed by atoms with E-state index < -0.39 is 5.91 Å². The van der Waals surface area contributed by atoms with E-state index in [-0.39, 0.29) is 10.6 Å². The highest BCUT2D eigenvalue weighted by Gasteiger charge is 2.12. The minimum atomic E-state index is -0.568. The highest BCUT2D eigenvalue weighted by Crippen LogP contribution is 2.29. The summed E-state index contributed by atoms with van der Waals surface area (Å²) < 4.78 is 4.83. The molecule has 0 saturated heterocycles. The van der Waals surface area contributed by atoms with E-state index >= 15 is 0 Å². The van der Waals surface area contributed by atoms with Gasteiger partial charge in [0.1, 0.15) is 11.6 Å². The van der Waals surface area contributed by atoms with Crippen LogP contribution in [0.1, 0.15) is 0 Å². The molecular formula is C13H13Cl2N3O2. The molecule has 1 aromatic rings. The van der Waals surface area contributed by atoms with E-state index in [1.165, 1.54) is 6.20 Å². The van der Waals surface area contributed by atoms with Gasteiger partial charge in [-0.3, -0.25) is 4.79 Å². The molecule has 2 N–H and O–H groups in total. The summed E-state index contributed by atoms with van der Waals surface area (Å²) in [5.41, 5.74) is 0.277. The van der Waals surface area contributed by atoms with Crippen LogP contribution in [-0.2, 0) is 9.53 Å². The Balaban J connectivity index is 2.73. The molecule has 0 spiro atoms. The molecule has 106 valence electrons. The van der Waals surface area contributed by atoms with E-state index in [2.05, 4.69) is 10.6 Å². The van der Waals surface area contributed by atoms with Crippen LogP contribution in [0.2, 0.25) is 10.0 Å². The lowest BCUT2D eigenvalue weighted by atomic mass is 10.2. The number of amides is 1. The molecule has 0 saturated carbocycles. The van der Waals surface area contributed by atoms with Crippen molar-refractivity contribution in [1.82, 2.24) is 5.32 Å². The van der Waals surface area contributed by atoms with Crippen molar-refractivity contribution >= 4 is 34.8 Å². The van der Waals surface area contributed by atoms with Crippen molar-refractivity contribution < 1.29 is 9.53 Å². The van der Waals surface area contributed by atoms with Crippen molar-refractivity contribution in [3.8, 4) is 6.07 Å². The topological polar surface area (TPSA) is 74.1 Å². The molecule has 0 bridgehead atoms. The van der Waals surface area contributed by atoms with Gasteiger partial charge in [-0.15, -0.1) is 0 Å². The standard InChI is InChI=1S/C13H13Cl2N3O2/c1-20-6-5-17-8-9(7-16)13(19)18-11-4-2-3-10(14)12(11)15/h2-4,8,17H,5-6H2,1H3,(H,18,19)/b9-8-. The third kappa shape index (κ3) is 4.74. The number of carbonyl (C=O) groups excluding carboxylic acids is 1. The van der Waals surface area contributed by atoms with Crippen molar-refractivity contribution in [3.05, 3.63) is 40.0 Å². The Morgan fingerprint density at radius 3 is 2.90 bits per heavy atom. The Kier molecular flexibility index (Phi) is 6.88. The fraction of sp³-hybridized carbons (Fsp3) is 0.231. The van der Waals surface area contributed by atoms with E-state index in [9.17, 15) is 4.79 Å². The second kappa shape index (κ2) is 8.43. The minimum Gasteiger partial charge on any atom is -0.387 e. The van der Waals surface area contributed by atoms with Gasteiger partial charge in [-0.25, -0.2) is 0 Å². The largest absolute Gasteiger partial charge is 0.387 e. The molecular weight excluding hydrogens is 301 g/mol. The van der Waals surface area contributed by atoms with Crippen molar-refractivity contribution in [2.75, 3.05) is 25.6 Å². The normalized spacial score (nSPS) is 10.8. The van der Waals surface area contributed by atoms with Gasteiger partial charge in [0.05, 0.1) is 22.3 Å². The third-order valence-electron chi connectivity index (χ3n) is 2.26. The highest BCUT2D eigenvalue weighted by atomic mass is 35.5. The van der Waals surface area contributed by atoms with Gasteiger partial charge in [0.2, 0.25) is 0 Å². The van der Waals surface area contributed by atoms with Crippen LogP contribution in [-0.4, -0.2) is 26.2 Å². The maximum atomic E-state index is 11.9. The van der Waals surface area contributed by atoms with Gasteiger partial charge in [0, 0.05) is 19.9 Å². The molecule has 0 fully saturated rings. The van der Waals surface area contributed by atoms with Crippen molar-refractivity contribution in [2.24, 2.45) is 0 Å². The van der Waals surface area contributed by atoms with Gasteiger partial charge >= 0.3 is 0 Å². The van der Waals surface area contributed by atoms with Gasteiger partial charge in [0.15, 0.2) is 0 Å². The predicted molar refractivity (Wildman–Crippen MR) is 78.7 cm³/mol. The number of ether oxygens (including phenoxy) is 1. The van der Waals surface area contributed by atoms with Crippen molar-refractivity contribution in [1.29, 1.82) is 5.26 Å². The quantitative estimate of drug-likeness (QED) is 0.481. The van der Waals surface area contributed by atoms with Crippen LogP contribution in [0, 0.1) is 11.3 Å². The molecule has 0 aromatic heterocycles. The molecule has 0 unspecified atom stereocenters. The molecule has 5 nitrogen and oxygen atoms in total. The summed E-state index contributed by atoms with van der Waals surface area (Å²) in [6.45, 7) is 0.962. The smallest absolute Gasteiger partial charge is 0.267 e. The van der Waals surface area contributed by atoms with Crippen molar-refractivity contribution in [2.45, 2.75) is 0 Å². The average molecular weight is 314 g/mol. The summed E-state index contributed by atoms with van der Waals surface area (Å²) in [5, 5.41) is 14.8. The molecule has 0 radical (unpaired) electrons. The lowest BCUT2D eigenvalue weighted by molar-refractivity contribution is -0.112. The first-order valence-electron chi connectivity index (χ1n) is 5.68. The van der Waals surface area contributed by atoms with Gasteiger partial charge in [-0.05, 0) is 12.1 Å². The molecule has 0 atom stereocenters. The Hall–Kier alpha value is -1.74. The average Bonchev–Trinajstić information content (AvgIpc) is 2.44. The number of hydrogen-bond acceptors (Lipinski definition) is 4. The first-order valence-corrected chi connectivity index (χ1v) is 6.43. The first kappa shape index (κ1) is 16.3. The Morgan fingerprint density at radius 1 is 1.50 bits per heavy atom. The van der Waals surface area contributed by atoms with E-state index in [4.69, 9.17) is 33.2 Å². The number of rotatable bonds is 6. The summed E-state index contributed by atoms with van der Waals surface area (Å²) in [5.74, 6) is -0.568. The number of nitriles is 1.